The van der Waals surface area contributed by atoms with Gasteiger partial charge in [0.15, 0.2) is 0 Å². The van der Waals surface area contributed by atoms with Crippen molar-refractivity contribution in [1.82, 2.24) is 30.2 Å². The summed E-state index contributed by atoms with van der Waals surface area (Å²) in [6.45, 7) is 2.03. The molecular weight excluding hydrogens is 448 g/mol. The van der Waals surface area contributed by atoms with E-state index in [1.54, 1.807) is 0 Å². The van der Waals surface area contributed by atoms with Crippen molar-refractivity contribution in [3.05, 3.63) is 90.1 Å². The lowest BCUT2D eigenvalue weighted by molar-refractivity contribution is 0.0917. The molecule has 1 saturated heterocycles. The van der Waals surface area contributed by atoms with E-state index in [1.807, 2.05) is 55.0 Å². The minimum atomic E-state index is -0.0231. The third kappa shape index (κ3) is 4.57. The number of benzene rings is 2. The predicted molar refractivity (Wildman–Crippen MR) is 142 cm³/mol. The number of fused-ring (bicyclic) bond motifs is 2. The first-order valence-electron chi connectivity index (χ1n) is 12.4. The van der Waals surface area contributed by atoms with E-state index in [2.05, 4.69) is 50.4 Å². The fourth-order valence-electron chi connectivity index (χ4n) is 4.95. The van der Waals surface area contributed by atoms with Gasteiger partial charge in [-0.05, 0) is 74.3 Å². The van der Waals surface area contributed by atoms with Crippen LogP contribution in [0.15, 0.2) is 73.2 Å². The molecule has 1 aliphatic heterocycles. The molecule has 1 fully saturated rings. The Morgan fingerprint density at radius 2 is 1.94 bits per heavy atom. The van der Waals surface area contributed by atoms with Crippen LogP contribution in [0.5, 0.6) is 0 Å². The molecule has 0 saturated carbocycles. The van der Waals surface area contributed by atoms with Crippen molar-refractivity contribution in [2.45, 2.75) is 25.3 Å². The molecular formula is C29H28N6O. The number of carbonyl (C=O) groups is 1. The van der Waals surface area contributed by atoms with E-state index < -0.39 is 0 Å². The Labute approximate surface area is 209 Å². The van der Waals surface area contributed by atoms with Gasteiger partial charge in [-0.1, -0.05) is 24.3 Å². The quantitative estimate of drug-likeness (QED) is 0.388. The zero-order chi connectivity index (χ0) is 24.5. The summed E-state index contributed by atoms with van der Waals surface area (Å²) in [7, 11) is 2.12. The normalized spacial score (nSPS) is 14.9. The monoisotopic (exact) mass is 476 g/mol. The first-order chi connectivity index (χ1) is 17.6. The van der Waals surface area contributed by atoms with E-state index in [4.69, 9.17) is 4.98 Å². The van der Waals surface area contributed by atoms with Crippen molar-refractivity contribution in [3.8, 4) is 11.3 Å². The van der Waals surface area contributed by atoms with Gasteiger partial charge in [-0.3, -0.25) is 14.8 Å². The van der Waals surface area contributed by atoms with Crippen LogP contribution in [0.25, 0.3) is 33.1 Å². The van der Waals surface area contributed by atoms with Crippen molar-refractivity contribution in [2.24, 2.45) is 0 Å². The van der Waals surface area contributed by atoms with E-state index in [-0.39, 0.29) is 11.9 Å². The fourth-order valence-corrected chi connectivity index (χ4v) is 4.95. The van der Waals surface area contributed by atoms with Gasteiger partial charge in [-0.25, -0.2) is 4.98 Å². The average Bonchev–Trinajstić information content (AvgIpc) is 3.31. The number of hydrogen-bond donors (Lipinski definition) is 2. The van der Waals surface area contributed by atoms with E-state index in [9.17, 15) is 4.79 Å². The summed E-state index contributed by atoms with van der Waals surface area (Å²) >= 11 is 0. The van der Waals surface area contributed by atoms with Crippen LogP contribution >= 0.6 is 0 Å². The standard InChI is InChI=1S/C29H28N6O/c1-35-12-9-22(10-13-35)32-29(36)20-6-7-25-27(16-20)34-28(33-25)15-19-8-11-31-26(14-19)24-18-30-17-21-4-2-3-5-23(21)24/h2-8,11,14,16-18,22H,9-10,12-13,15H2,1H3,(H,32,36)(H,33,34). The molecule has 3 aromatic heterocycles. The highest BCUT2D eigenvalue weighted by molar-refractivity contribution is 5.97. The van der Waals surface area contributed by atoms with Gasteiger partial charge in [0, 0.05) is 47.6 Å². The van der Waals surface area contributed by atoms with Crippen molar-refractivity contribution in [2.75, 3.05) is 20.1 Å². The number of aromatic amines is 1. The Bertz CT molecular complexity index is 1550. The van der Waals surface area contributed by atoms with Gasteiger partial charge >= 0.3 is 0 Å². The van der Waals surface area contributed by atoms with Crippen LogP contribution in [0.4, 0.5) is 0 Å². The molecule has 6 rings (SSSR count). The smallest absolute Gasteiger partial charge is 0.251 e. The number of nitrogens with one attached hydrogen (secondary N) is 2. The Morgan fingerprint density at radius 3 is 2.83 bits per heavy atom. The van der Waals surface area contributed by atoms with Gasteiger partial charge in [0.05, 0.1) is 16.7 Å². The second-order valence-corrected chi connectivity index (χ2v) is 9.60. The van der Waals surface area contributed by atoms with Crippen LogP contribution in [-0.4, -0.2) is 56.9 Å². The summed E-state index contributed by atoms with van der Waals surface area (Å²) in [5.41, 5.74) is 5.39. The lowest BCUT2D eigenvalue weighted by Gasteiger charge is -2.29. The van der Waals surface area contributed by atoms with Crippen molar-refractivity contribution < 1.29 is 4.79 Å². The first-order valence-corrected chi connectivity index (χ1v) is 12.4. The molecule has 4 heterocycles. The van der Waals surface area contributed by atoms with Gasteiger partial charge in [0.2, 0.25) is 0 Å². The third-order valence-corrected chi connectivity index (χ3v) is 6.99. The molecule has 7 nitrogen and oxygen atoms in total. The molecule has 1 aliphatic rings. The lowest BCUT2D eigenvalue weighted by Crippen LogP contribution is -2.43. The summed E-state index contributed by atoms with van der Waals surface area (Å²) in [6.07, 6.45) is 8.19. The number of amides is 1. The number of nitrogens with zero attached hydrogens (tertiary/aromatic N) is 4. The van der Waals surface area contributed by atoms with Gasteiger partial charge < -0.3 is 15.2 Å². The SMILES string of the molecule is CN1CCC(NC(=O)c2ccc3nc(Cc4ccnc(-c5cncc6ccccc56)c4)[nH]c3c2)CC1. The fraction of sp³-hybridized carbons (Fsp3) is 0.241. The molecule has 0 unspecified atom stereocenters. The minimum Gasteiger partial charge on any atom is -0.349 e. The maximum absolute atomic E-state index is 12.8. The Hall–Kier alpha value is -4.10. The topological polar surface area (TPSA) is 86.8 Å². The summed E-state index contributed by atoms with van der Waals surface area (Å²) in [5.74, 6) is 0.830. The highest BCUT2D eigenvalue weighted by Gasteiger charge is 2.19. The number of aromatic nitrogens is 4. The van der Waals surface area contributed by atoms with Gasteiger partial charge in [0.25, 0.3) is 5.91 Å². The Balaban J connectivity index is 1.21. The van der Waals surface area contributed by atoms with Gasteiger partial charge in [-0.15, -0.1) is 0 Å². The molecule has 5 aromatic rings. The molecule has 0 spiro atoms. The average molecular weight is 477 g/mol. The van der Waals surface area contributed by atoms with Crippen LogP contribution < -0.4 is 5.32 Å². The second kappa shape index (κ2) is 9.51. The van der Waals surface area contributed by atoms with Crippen LogP contribution in [-0.2, 0) is 6.42 Å². The molecule has 36 heavy (non-hydrogen) atoms. The lowest BCUT2D eigenvalue weighted by atomic mass is 10.0. The van der Waals surface area contributed by atoms with Gasteiger partial charge in [0.1, 0.15) is 5.82 Å². The first kappa shape index (κ1) is 22.4. The predicted octanol–water partition coefficient (Wildman–Crippen LogP) is 4.59. The summed E-state index contributed by atoms with van der Waals surface area (Å²) < 4.78 is 0. The number of piperidine rings is 1. The molecule has 180 valence electrons. The Morgan fingerprint density at radius 1 is 1.08 bits per heavy atom. The molecule has 2 aromatic carbocycles. The highest BCUT2D eigenvalue weighted by atomic mass is 16.1. The number of rotatable bonds is 5. The van der Waals surface area contributed by atoms with E-state index in [1.165, 1.54) is 0 Å². The zero-order valence-electron chi connectivity index (χ0n) is 20.2. The van der Waals surface area contributed by atoms with E-state index >= 15 is 0 Å². The van der Waals surface area contributed by atoms with Crippen LogP contribution in [0.1, 0.15) is 34.6 Å². The van der Waals surface area contributed by atoms with Crippen molar-refractivity contribution in [3.63, 3.8) is 0 Å². The van der Waals surface area contributed by atoms with E-state index in [0.717, 1.165) is 70.4 Å². The van der Waals surface area contributed by atoms with Crippen LogP contribution in [0.3, 0.4) is 0 Å². The zero-order valence-corrected chi connectivity index (χ0v) is 20.2. The molecule has 0 bridgehead atoms. The number of pyridine rings is 2. The summed E-state index contributed by atoms with van der Waals surface area (Å²) in [6, 6.07) is 18.2. The third-order valence-electron chi connectivity index (χ3n) is 6.99. The number of H-pyrrole nitrogens is 1. The summed E-state index contributed by atoms with van der Waals surface area (Å²) in [4.78, 5) is 32.3. The number of carbonyl (C=O) groups excluding carboxylic acids is 1. The van der Waals surface area contributed by atoms with Crippen molar-refractivity contribution in [1.29, 1.82) is 0 Å². The maximum atomic E-state index is 12.8. The van der Waals surface area contributed by atoms with E-state index in [0.29, 0.717) is 12.0 Å². The molecule has 0 atom stereocenters. The van der Waals surface area contributed by atoms with Crippen LogP contribution in [0.2, 0.25) is 0 Å². The molecule has 2 N–H and O–H groups in total. The van der Waals surface area contributed by atoms with Crippen molar-refractivity contribution >= 4 is 27.7 Å². The summed E-state index contributed by atoms with van der Waals surface area (Å²) in [5, 5.41) is 5.41. The largest absolute Gasteiger partial charge is 0.349 e. The Kier molecular flexibility index (Phi) is 5.91. The molecule has 7 heteroatoms. The number of imidazole rings is 1. The number of hydrogen-bond acceptors (Lipinski definition) is 5. The maximum Gasteiger partial charge on any atom is 0.251 e. The van der Waals surface area contributed by atoms with Crippen LogP contribution in [0, 0.1) is 0 Å². The highest BCUT2D eigenvalue weighted by Crippen LogP contribution is 2.27. The second-order valence-electron chi connectivity index (χ2n) is 9.60. The molecule has 0 aliphatic carbocycles. The minimum absolute atomic E-state index is 0.0231. The van der Waals surface area contributed by atoms with Gasteiger partial charge in [-0.2, -0.15) is 0 Å². The number of likely N-dealkylation sites (tertiary alicyclic amines) is 1. The molecule has 0 radical (unpaired) electrons. The molecule has 1 amide bonds.